The predicted octanol–water partition coefficient (Wildman–Crippen LogP) is 5.91. The first-order valence-corrected chi connectivity index (χ1v) is 12.8. The molecular weight excluding hydrogens is 506 g/mol. The number of benzene rings is 3. The number of carbonyl (C=O) groups is 3. The third-order valence-corrected chi connectivity index (χ3v) is 6.75. The molecule has 0 fully saturated rings. The molecule has 8 nitrogen and oxygen atoms in total. The molecule has 3 aromatic rings. The molecule has 1 heterocycles. The number of hydrogen-bond acceptors (Lipinski definition) is 4. The standard InChI is InChI=1S/C29H30ClN3O5/c1-19-18-27(33(20(2)34)23-12-10-22(30)11-13-23)25-6-3-4-7-26(25)32(19)28(35)21-8-14-24(15-9-21)38-17-5-16-31-29(36)37/h3-4,6-15,19,27,31H,5,16-18H2,1-2H3,(H,36,37)/t19-,27+/m0/s1. The zero-order chi connectivity index (χ0) is 27.2. The summed E-state index contributed by atoms with van der Waals surface area (Å²) < 4.78 is 5.65. The number of ether oxygens (including phenoxy) is 1. The van der Waals surface area contributed by atoms with Gasteiger partial charge in [-0.05, 0) is 79.9 Å². The van der Waals surface area contributed by atoms with Gasteiger partial charge in [0.2, 0.25) is 5.91 Å². The van der Waals surface area contributed by atoms with E-state index in [9.17, 15) is 14.4 Å². The summed E-state index contributed by atoms with van der Waals surface area (Å²) in [6.07, 6.45) is 0.0340. The van der Waals surface area contributed by atoms with Gasteiger partial charge in [0.1, 0.15) is 5.75 Å². The Labute approximate surface area is 226 Å². The molecular formula is C29H30ClN3O5. The highest BCUT2D eigenvalue weighted by Gasteiger charge is 2.38. The van der Waals surface area contributed by atoms with E-state index in [2.05, 4.69) is 5.32 Å². The summed E-state index contributed by atoms with van der Waals surface area (Å²) in [5.41, 5.74) is 2.95. The summed E-state index contributed by atoms with van der Waals surface area (Å²) in [4.78, 5) is 40.6. The monoisotopic (exact) mass is 535 g/mol. The molecule has 9 heteroatoms. The van der Waals surface area contributed by atoms with E-state index in [0.717, 1.165) is 16.9 Å². The van der Waals surface area contributed by atoms with Crippen LogP contribution in [0, 0.1) is 0 Å². The number of fused-ring (bicyclic) bond motifs is 1. The lowest BCUT2D eigenvalue weighted by Gasteiger charge is -2.43. The number of rotatable bonds is 8. The topological polar surface area (TPSA) is 99.2 Å². The Morgan fingerprint density at radius 2 is 1.74 bits per heavy atom. The third kappa shape index (κ3) is 6.08. The van der Waals surface area contributed by atoms with Gasteiger partial charge >= 0.3 is 6.09 Å². The maximum atomic E-state index is 13.7. The lowest BCUT2D eigenvalue weighted by atomic mass is 9.89. The average Bonchev–Trinajstić information content (AvgIpc) is 2.89. The zero-order valence-corrected chi connectivity index (χ0v) is 22.0. The molecule has 2 atom stereocenters. The maximum Gasteiger partial charge on any atom is 0.404 e. The largest absolute Gasteiger partial charge is 0.494 e. The summed E-state index contributed by atoms with van der Waals surface area (Å²) >= 11 is 6.08. The second-order valence-corrected chi connectivity index (χ2v) is 9.59. The number of para-hydroxylation sites is 1. The number of anilines is 2. The van der Waals surface area contributed by atoms with E-state index in [-0.39, 0.29) is 23.9 Å². The van der Waals surface area contributed by atoms with Crippen LogP contribution in [0.2, 0.25) is 5.02 Å². The first-order valence-electron chi connectivity index (χ1n) is 12.4. The molecule has 4 rings (SSSR count). The molecule has 38 heavy (non-hydrogen) atoms. The molecule has 3 amide bonds. The van der Waals surface area contributed by atoms with Crippen LogP contribution in [0.3, 0.4) is 0 Å². The summed E-state index contributed by atoms with van der Waals surface area (Å²) in [7, 11) is 0. The highest BCUT2D eigenvalue weighted by Crippen LogP contribution is 2.42. The normalized spacial score (nSPS) is 16.3. The van der Waals surface area contributed by atoms with Crippen molar-refractivity contribution >= 4 is 40.9 Å². The first-order chi connectivity index (χ1) is 18.3. The minimum absolute atomic E-state index is 0.0894. The number of amides is 3. The number of halogens is 1. The lowest BCUT2D eigenvalue weighted by Crippen LogP contribution is -2.47. The van der Waals surface area contributed by atoms with E-state index >= 15 is 0 Å². The molecule has 198 valence electrons. The second-order valence-electron chi connectivity index (χ2n) is 9.16. The number of carboxylic acid groups (broad SMARTS) is 1. The van der Waals surface area contributed by atoms with Gasteiger partial charge in [-0.25, -0.2) is 4.79 Å². The van der Waals surface area contributed by atoms with Crippen LogP contribution in [0.15, 0.2) is 72.8 Å². The fourth-order valence-corrected chi connectivity index (χ4v) is 4.93. The average molecular weight is 536 g/mol. The van der Waals surface area contributed by atoms with E-state index in [1.807, 2.05) is 43.3 Å². The van der Waals surface area contributed by atoms with Crippen LogP contribution in [-0.4, -0.2) is 42.2 Å². The zero-order valence-electron chi connectivity index (χ0n) is 21.3. The summed E-state index contributed by atoms with van der Waals surface area (Å²) in [5, 5.41) is 11.5. The van der Waals surface area contributed by atoms with Gasteiger partial charge in [0.15, 0.2) is 0 Å². The van der Waals surface area contributed by atoms with E-state index in [0.29, 0.717) is 42.3 Å². The minimum Gasteiger partial charge on any atom is -0.494 e. The molecule has 0 aliphatic carbocycles. The Kier molecular flexibility index (Phi) is 8.53. The molecule has 3 aromatic carbocycles. The third-order valence-electron chi connectivity index (χ3n) is 6.50. The van der Waals surface area contributed by atoms with Crippen molar-refractivity contribution in [2.24, 2.45) is 0 Å². The van der Waals surface area contributed by atoms with Gasteiger partial charge < -0.3 is 25.0 Å². The molecule has 0 bridgehead atoms. The van der Waals surface area contributed by atoms with Crippen molar-refractivity contribution < 1.29 is 24.2 Å². The van der Waals surface area contributed by atoms with Crippen molar-refractivity contribution in [2.75, 3.05) is 23.0 Å². The summed E-state index contributed by atoms with van der Waals surface area (Å²) in [6, 6.07) is 21.4. The Morgan fingerprint density at radius 3 is 2.39 bits per heavy atom. The fourth-order valence-electron chi connectivity index (χ4n) is 4.81. The molecule has 2 N–H and O–H groups in total. The quantitative estimate of drug-likeness (QED) is 0.349. The van der Waals surface area contributed by atoms with Crippen LogP contribution in [0.4, 0.5) is 16.2 Å². The molecule has 1 aliphatic rings. The molecule has 0 spiro atoms. The molecule has 1 aliphatic heterocycles. The van der Waals surface area contributed by atoms with Gasteiger partial charge in [0.05, 0.1) is 12.6 Å². The summed E-state index contributed by atoms with van der Waals surface area (Å²) in [6.45, 7) is 4.19. The van der Waals surface area contributed by atoms with Crippen molar-refractivity contribution in [3.63, 3.8) is 0 Å². The Morgan fingerprint density at radius 1 is 1.05 bits per heavy atom. The van der Waals surface area contributed by atoms with Gasteiger partial charge in [0.25, 0.3) is 5.91 Å². The van der Waals surface area contributed by atoms with Crippen LogP contribution < -0.4 is 19.9 Å². The Bertz CT molecular complexity index is 1300. The van der Waals surface area contributed by atoms with Gasteiger partial charge in [-0.15, -0.1) is 0 Å². The fraction of sp³-hybridized carbons (Fsp3) is 0.276. The SMILES string of the molecule is CC(=O)N(c1ccc(Cl)cc1)[C@@H]1C[C@H](C)N(C(=O)c2ccc(OCCCNC(=O)O)cc2)c2ccccc21. The van der Waals surface area contributed by atoms with Crippen LogP contribution in [0.5, 0.6) is 5.75 Å². The maximum absolute atomic E-state index is 13.7. The van der Waals surface area contributed by atoms with Crippen LogP contribution >= 0.6 is 11.6 Å². The molecule has 0 saturated heterocycles. The van der Waals surface area contributed by atoms with Crippen LogP contribution in [-0.2, 0) is 4.79 Å². The molecule has 0 radical (unpaired) electrons. The van der Waals surface area contributed by atoms with E-state index in [1.165, 1.54) is 0 Å². The highest BCUT2D eigenvalue weighted by molar-refractivity contribution is 6.30. The number of hydrogen-bond donors (Lipinski definition) is 2. The van der Waals surface area contributed by atoms with Crippen molar-refractivity contribution in [3.05, 3.63) is 88.9 Å². The minimum atomic E-state index is -1.06. The molecule has 0 saturated carbocycles. The molecule has 0 unspecified atom stereocenters. The van der Waals surface area contributed by atoms with E-state index < -0.39 is 6.09 Å². The first kappa shape index (κ1) is 27.0. The number of nitrogens with zero attached hydrogens (tertiary/aromatic N) is 2. The summed E-state index contributed by atoms with van der Waals surface area (Å²) in [5.74, 6) is 0.374. The number of carbonyl (C=O) groups excluding carboxylic acids is 2. The van der Waals surface area contributed by atoms with Gasteiger partial charge in [-0.2, -0.15) is 0 Å². The number of nitrogens with one attached hydrogen (secondary N) is 1. The van der Waals surface area contributed by atoms with Crippen molar-refractivity contribution in [3.8, 4) is 5.75 Å². The smallest absolute Gasteiger partial charge is 0.404 e. The van der Waals surface area contributed by atoms with Crippen molar-refractivity contribution in [1.29, 1.82) is 0 Å². The van der Waals surface area contributed by atoms with Gasteiger partial charge in [-0.1, -0.05) is 29.8 Å². The van der Waals surface area contributed by atoms with Crippen LogP contribution in [0.1, 0.15) is 48.7 Å². The molecule has 0 aromatic heterocycles. The predicted molar refractivity (Wildman–Crippen MR) is 147 cm³/mol. The Hall–Kier alpha value is -4.04. The van der Waals surface area contributed by atoms with Crippen molar-refractivity contribution in [2.45, 2.75) is 38.8 Å². The van der Waals surface area contributed by atoms with Gasteiger partial charge in [-0.3, -0.25) is 9.59 Å². The second kappa shape index (κ2) is 12.0. The van der Waals surface area contributed by atoms with Gasteiger partial charge in [0, 0.05) is 41.5 Å². The van der Waals surface area contributed by atoms with Crippen LogP contribution in [0.25, 0.3) is 0 Å². The van der Waals surface area contributed by atoms with E-state index in [1.54, 1.807) is 53.1 Å². The van der Waals surface area contributed by atoms with Crippen molar-refractivity contribution in [1.82, 2.24) is 5.32 Å². The Balaban J connectivity index is 1.55. The lowest BCUT2D eigenvalue weighted by molar-refractivity contribution is -0.117. The highest BCUT2D eigenvalue weighted by atomic mass is 35.5. The van der Waals surface area contributed by atoms with E-state index in [4.69, 9.17) is 21.4 Å².